The molecule has 1 aliphatic rings. The van der Waals surface area contributed by atoms with E-state index in [0.29, 0.717) is 0 Å². The van der Waals surface area contributed by atoms with Crippen LogP contribution in [0.25, 0.3) is 0 Å². The zero-order valence-electron chi connectivity index (χ0n) is 12.4. The van der Waals surface area contributed by atoms with Gasteiger partial charge in [0.1, 0.15) is 0 Å². The van der Waals surface area contributed by atoms with Gasteiger partial charge < -0.3 is 4.90 Å². The Balaban J connectivity index is 2.09. The predicted octanol–water partition coefficient (Wildman–Crippen LogP) is 4.75. The zero-order valence-corrected chi connectivity index (χ0v) is 12.4. The molecule has 0 aliphatic heterocycles. The van der Waals surface area contributed by atoms with Crippen molar-refractivity contribution in [3.63, 3.8) is 0 Å². The molecule has 0 aromatic heterocycles. The Morgan fingerprint density at radius 3 is 2.00 bits per heavy atom. The van der Waals surface area contributed by atoms with Gasteiger partial charge in [0.2, 0.25) is 0 Å². The minimum absolute atomic E-state index is 0.252. The maximum Gasteiger partial charge on any atom is 0.0366 e. The molecule has 1 saturated carbocycles. The Bertz CT molecular complexity index is 366. The summed E-state index contributed by atoms with van der Waals surface area (Å²) in [6, 6.07) is 9.90. The Labute approximate surface area is 112 Å². The van der Waals surface area contributed by atoms with Crippen LogP contribution in [0.15, 0.2) is 24.3 Å². The van der Waals surface area contributed by atoms with Gasteiger partial charge in [0.25, 0.3) is 0 Å². The summed E-state index contributed by atoms with van der Waals surface area (Å²) in [7, 11) is 2.25. The fourth-order valence-electron chi connectivity index (χ4n) is 2.88. The molecular formula is C17H27N. The molecule has 0 N–H and O–H groups in total. The van der Waals surface area contributed by atoms with Crippen LogP contribution in [0.1, 0.15) is 58.4 Å². The Hall–Kier alpha value is -0.980. The zero-order chi connectivity index (χ0) is 13.2. The van der Waals surface area contributed by atoms with Gasteiger partial charge in [-0.3, -0.25) is 0 Å². The minimum atomic E-state index is 0.252. The van der Waals surface area contributed by atoms with Gasteiger partial charge in [0, 0.05) is 18.8 Å². The summed E-state index contributed by atoms with van der Waals surface area (Å²) >= 11 is 0. The van der Waals surface area contributed by atoms with E-state index in [1.807, 2.05) is 0 Å². The van der Waals surface area contributed by atoms with E-state index in [1.54, 1.807) is 0 Å². The second-order valence-electron chi connectivity index (χ2n) is 6.70. The molecule has 0 unspecified atom stereocenters. The first-order valence-corrected chi connectivity index (χ1v) is 7.32. The first kappa shape index (κ1) is 13.5. The average molecular weight is 245 g/mol. The van der Waals surface area contributed by atoms with Gasteiger partial charge in [0.15, 0.2) is 0 Å². The van der Waals surface area contributed by atoms with Crippen molar-refractivity contribution in [1.82, 2.24) is 0 Å². The average Bonchev–Trinajstić information content (AvgIpc) is 2.38. The summed E-state index contributed by atoms with van der Waals surface area (Å²) in [4.78, 5) is 2.48. The maximum absolute atomic E-state index is 2.48. The van der Waals surface area contributed by atoms with Crippen LogP contribution in [0.3, 0.4) is 0 Å². The lowest BCUT2D eigenvalue weighted by Gasteiger charge is -2.33. The van der Waals surface area contributed by atoms with E-state index in [-0.39, 0.29) is 5.41 Å². The van der Waals surface area contributed by atoms with E-state index < -0.39 is 0 Å². The number of rotatable bonds is 2. The summed E-state index contributed by atoms with van der Waals surface area (Å²) in [6.45, 7) is 6.81. The molecule has 0 saturated heterocycles. The Kier molecular flexibility index (Phi) is 3.99. The van der Waals surface area contributed by atoms with Crippen molar-refractivity contribution >= 4 is 5.69 Å². The van der Waals surface area contributed by atoms with Crippen LogP contribution in [0.2, 0.25) is 0 Å². The normalized spacial score (nSPS) is 17.8. The molecule has 1 aromatic carbocycles. The SMILES string of the molecule is CN(c1ccc(C(C)(C)C)cc1)C1CCCCC1. The van der Waals surface area contributed by atoms with Crippen molar-refractivity contribution in [3.05, 3.63) is 29.8 Å². The van der Waals surface area contributed by atoms with Gasteiger partial charge in [0.05, 0.1) is 0 Å². The van der Waals surface area contributed by atoms with Crippen LogP contribution in [-0.4, -0.2) is 13.1 Å². The third-order valence-corrected chi connectivity index (χ3v) is 4.26. The molecule has 0 amide bonds. The van der Waals surface area contributed by atoms with Crippen molar-refractivity contribution < 1.29 is 0 Å². The third-order valence-electron chi connectivity index (χ3n) is 4.26. The molecule has 100 valence electrons. The number of hydrogen-bond donors (Lipinski definition) is 0. The molecule has 18 heavy (non-hydrogen) atoms. The van der Waals surface area contributed by atoms with Crippen molar-refractivity contribution in [2.45, 2.75) is 64.3 Å². The van der Waals surface area contributed by atoms with Crippen molar-refractivity contribution in [2.75, 3.05) is 11.9 Å². The van der Waals surface area contributed by atoms with Gasteiger partial charge in [-0.1, -0.05) is 52.2 Å². The second kappa shape index (κ2) is 5.34. The third kappa shape index (κ3) is 3.07. The molecule has 1 aromatic rings. The number of benzene rings is 1. The van der Waals surface area contributed by atoms with Crippen LogP contribution in [0.5, 0.6) is 0 Å². The molecule has 0 atom stereocenters. The first-order chi connectivity index (χ1) is 8.48. The molecule has 1 fully saturated rings. The molecule has 1 heteroatoms. The van der Waals surface area contributed by atoms with Gasteiger partial charge in [-0.15, -0.1) is 0 Å². The van der Waals surface area contributed by atoms with Gasteiger partial charge >= 0.3 is 0 Å². The summed E-state index contributed by atoms with van der Waals surface area (Å²) in [5.74, 6) is 0. The largest absolute Gasteiger partial charge is 0.372 e. The van der Waals surface area contributed by atoms with Crippen LogP contribution >= 0.6 is 0 Å². The molecular weight excluding hydrogens is 218 g/mol. The van der Waals surface area contributed by atoms with Gasteiger partial charge in [-0.25, -0.2) is 0 Å². The number of nitrogens with zero attached hydrogens (tertiary/aromatic N) is 1. The lowest BCUT2D eigenvalue weighted by atomic mass is 9.87. The molecule has 1 aliphatic carbocycles. The standard InChI is InChI=1S/C17H27N/c1-17(2,3)14-10-12-16(13-11-14)18(4)15-8-6-5-7-9-15/h10-13,15H,5-9H2,1-4H3. The van der Waals surface area contributed by atoms with Crippen molar-refractivity contribution in [2.24, 2.45) is 0 Å². The highest BCUT2D eigenvalue weighted by molar-refractivity contribution is 5.48. The molecule has 0 spiro atoms. The fourth-order valence-corrected chi connectivity index (χ4v) is 2.88. The van der Waals surface area contributed by atoms with E-state index in [0.717, 1.165) is 6.04 Å². The maximum atomic E-state index is 2.48. The van der Waals surface area contributed by atoms with Crippen molar-refractivity contribution in [1.29, 1.82) is 0 Å². The Morgan fingerprint density at radius 1 is 0.944 bits per heavy atom. The lowest BCUT2D eigenvalue weighted by Crippen LogP contribution is -2.33. The van der Waals surface area contributed by atoms with E-state index in [9.17, 15) is 0 Å². The molecule has 0 heterocycles. The van der Waals surface area contributed by atoms with Crippen LogP contribution in [0, 0.1) is 0 Å². The van der Waals surface area contributed by atoms with Gasteiger partial charge in [-0.2, -0.15) is 0 Å². The van der Waals surface area contributed by atoms with Gasteiger partial charge in [-0.05, 0) is 36.0 Å². The number of hydrogen-bond acceptors (Lipinski definition) is 1. The van der Waals surface area contributed by atoms with E-state index >= 15 is 0 Å². The van der Waals surface area contributed by atoms with E-state index in [1.165, 1.54) is 43.4 Å². The molecule has 0 radical (unpaired) electrons. The van der Waals surface area contributed by atoms with Crippen LogP contribution in [0.4, 0.5) is 5.69 Å². The lowest BCUT2D eigenvalue weighted by molar-refractivity contribution is 0.427. The summed E-state index contributed by atoms with van der Waals surface area (Å²) in [6.07, 6.45) is 6.94. The highest BCUT2D eigenvalue weighted by Crippen LogP contribution is 2.28. The second-order valence-corrected chi connectivity index (χ2v) is 6.70. The Morgan fingerprint density at radius 2 is 1.50 bits per heavy atom. The van der Waals surface area contributed by atoms with E-state index in [4.69, 9.17) is 0 Å². The van der Waals surface area contributed by atoms with Crippen LogP contribution in [-0.2, 0) is 5.41 Å². The van der Waals surface area contributed by atoms with Crippen molar-refractivity contribution in [3.8, 4) is 0 Å². The van der Waals surface area contributed by atoms with E-state index in [2.05, 4.69) is 57.0 Å². The highest BCUT2D eigenvalue weighted by Gasteiger charge is 2.19. The topological polar surface area (TPSA) is 3.24 Å². The quantitative estimate of drug-likeness (QED) is 0.726. The van der Waals surface area contributed by atoms with Crippen LogP contribution < -0.4 is 4.90 Å². The summed E-state index contributed by atoms with van der Waals surface area (Å²) < 4.78 is 0. The predicted molar refractivity (Wildman–Crippen MR) is 80.4 cm³/mol. The first-order valence-electron chi connectivity index (χ1n) is 7.32. The summed E-state index contributed by atoms with van der Waals surface area (Å²) in [5.41, 5.74) is 3.04. The highest BCUT2D eigenvalue weighted by atomic mass is 15.1. The fraction of sp³-hybridized carbons (Fsp3) is 0.647. The summed E-state index contributed by atoms with van der Waals surface area (Å²) in [5, 5.41) is 0. The monoisotopic (exact) mass is 245 g/mol. The molecule has 0 bridgehead atoms. The number of anilines is 1. The smallest absolute Gasteiger partial charge is 0.0366 e. The minimum Gasteiger partial charge on any atom is -0.372 e. The molecule has 2 rings (SSSR count). The molecule has 1 nitrogen and oxygen atoms in total.